The molecule has 0 saturated carbocycles. The number of benzene rings is 1. The summed E-state index contributed by atoms with van der Waals surface area (Å²) in [6.45, 7) is 1.71. The average Bonchev–Trinajstić information content (AvgIpc) is 3.01. The number of Topliss-reactive ketones (excluding diaryl/α,β-unsaturated/α-hetero) is 1. The Hall–Kier alpha value is -1.44. The molecule has 1 spiro atoms. The fourth-order valence-corrected chi connectivity index (χ4v) is 3.36. The third kappa shape index (κ3) is 3.96. The van der Waals surface area contributed by atoms with Crippen LogP contribution >= 0.6 is 0 Å². The van der Waals surface area contributed by atoms with Crippen molar-refractivity contribution in [3.63, 3.8) is 0 Å². The van der Waals surface area contributed by atoms with Crippen LogP contribution in [0.15, 0.2) is 30.3 Å². The van der Waals surface area contributed by atoms with Crippen molar-refractivity contribution in [1.29, 1.82) is 0 Å². The van der Waals surface area contributed by atoms with Crippen LogP contribution in [0.3, 0.4) is 0 Å². The van der Waals surface area contributed by atoms with Crippen LogP contribution in [0.5, 0.6) is 0 Å². The SMILES string of the molecule is O=C(c1ccccc1)C(CC(F)(F)F)N1CCC2(CC1)OCCO2. The van der Waals surface area contributed by atoms with Gasteiger partial charge in [0.05, 0.1) is 25.7 Å². The third-order valence-electron chi connectivity index (χ3n) is 4.60. The standard InChI is InChI=1S/C17H20F3NO3/c18-17(19,20)12-14(15(22)13-4-2-1-3-5-13)21-8-6-16(7-9-21)23-10-11-24-16/h1-5,14H,6-12H2. The summed E-state index contributed by atoms with van der Waals surface area (Å²) < 4.78 is 50.2. The summed E-state index contributed by atoms with van der Waals surface area (Å²) in [4.78, 5) is 14.2. The number of halogens is 3. The van der Waals surface area contributed by atoms with Gasteiger partial charge in [-0.1, -0.05) is 30.3 Å². The Kier molecular flexibility index (Phi) is 4.94. The fraction of sp³-hybridized carbons (Fsp3) is 0.588. The zero-order valence-corrected chi connectivity index (χ0v) is 13.2. The maximum absolute atomic E-state index is 13.0. The molecule has 7 heteroatoms. The summed E-state index contributed by atoms with van der Waals surface area (Å²) in [6, 6.07) is 6.95. The van der Waals surface area contributed by atoms with E-state index in [-0.39, 0.29) is 0 Å². The highest BCUT2D eigenvalue weighted by molar-refractivity contribution is 6.00. The van der Waals surface area contributed by atoms with Gasteiger partial charge in [-0.3, -0.25) is 9.69 Å². The van der Waals surface area contributed by atoms with Crippen molar-refractivity contribution in [1.82, 2.24) is 4.90 Å². The topological polar surface area (TPSA) is 38.8 Å². The van der Waals surface area contributed by atoms with Gasteiger partial charge in [0.25, 0.3) is 0 Å². The molecule has 0 aliphatic carbocycles. The molecule has 2 heterocycles. The van der Waals surface area contributed by atoms with Crippen molar-refractivity contribution in [2.24, 2.45) is 0 Å². The highest BCUT2D eigenvalue weighted by Gasteiger charge is 2.45. The summed E-state index contributed by atoms with van der Waals surface area (Å²) >= 11 is 0. The molecule has 2 aliphatic heterocycles. The molecule has 0 amide bonds. The first-order valence-electron chi connectivity index (χ1n) is 8.07. The molecule has 3 rings (SSSR count). The molecule has 1 atom stereocenters. The second-order valence-electron chi connectivity index (χ2n) is 6.21. The van der Waals surface area contributed by atoms with Crippen LogP contribution in [-0.2, 0) is 9.47 Å². The van der Waals surface area contributed by atoms with Crippen molar-refractivity contribution in [3.05, 3.63) is 35.9 Å². The number of ketones is 1. The van der Waals surface area contributed by atoms with Gasteiger partial charge in [-0.15, -0.1) is 0 Å². The maximum Gasteiger partial charge on any atom is 0.391 e. The van der Waals surface area contributed by atoms with E-state index in [1.54, 1.807) is 35.2 Å². The number of piperidine rings is 1. The van der Waals surface area contributed by atoms with Gasteiger partial charge < -0.3 is 9.47 Å². The zero-order valence-electron chi connectivity index (χ0n) is 13.2. The fourth-order valence-electron chi connectivity index (χ4n) is 3.36. The van der Waals surface area contributed by atoms with Crippen molar-refractivity contribution >= 4 is 5.78 Å². The summed E-state index contributed by atoms with van der Waals surface area (Å²) in [5, 5.41) is 0. The van der Waals surface area contributed by atoms with Gasteiger partial charge >= 0.3 is 6.18 Å². The van der Waals surface area contributed by atoms with Crippen LogP contribution in [0.4, 0.5) is 13.2 Å². The monoisotopic (exact) mass is 343 g/mol. The highest BCUT2D eigenvalue weighted by atomic mass is 19.4. The predicted molar refractivity (Wildman–Crippen MR) is 80.7 cm³/mol. The molecule has 1 aromatic rings. The lowest BCUT2D eigenvalue weighted by Crippen LogP contribution is -2.52. The number of ether oxygens (including phenoxy) is 2. The second-order valence-corrected chi connectivity index (χ2v) is 6.21. The smallest absolute Gasteiger partial charge is 0.347 e. The minimum Gasteiger partial charge on any atom is -0.347 e. The van der Waals surface area contributed by atoms with E-state index < -0.39 is 30.2 Å². The van der Waals surface area contributed by atoms with E-state index in [0.717, 1.165) is 0 Å². The molecule has 0 N–H and O–H groups in total. The minimum absolute atomic E-state index is 0.306. The first kappa shape index (κ1) is 17.4. The Balaban J connectivity index is 1.74. The van der Waals surface area contributed by atoms with Crippen LogP contribution in [0.1, 0.15) is 29.6 Å². The molecule has 2 saturated heterocycles. The number of hydrogen-bond donors (Lipinski definition) is 0. The molecular formula is C17H20F3NO3. The van der Waals surface area contributed by atoms with E-state index in [2.05, 4.69) is 0 Å². The Morgan fingerprint density at radius 3 is 2.25 bits per heavy atom. The van der Waals surface area contributed by atoms with E-state index in [1.807, 2.05) is 0 Å². The van der Waals surface area contributed by atoms with Crippen LogP contribution in [-0.4, -0.2) is 55.0 Å². The summed E-state index contributed by atoms with van der Waals surface area (Å²) in [5.74, 6) is -1.16. The van der Waals surface area contributed by atoms with Gasteiger partial charge in [0.15, 0.2) is 11.6 Å². The lowest BCUT2D eigenvalue weighted by Gasteiger charge is -2.40. The number of nitrogens with zero attached hydrogens (tertiary/aromatic N) is 1. The van der Waals surface area contributed by atoms with E-state index in [0.29, 0.717) is 44.7 Å². The summed E-state index contributed by atoms with van der Waals surface area (Å²) in [5.41, 5.74) is 0.306. The number of carbonyl (C=O) groups excluding carboxylic acids is 1. The summed E-state index contributed by atoms with van der Waals surface area (Å²) in [7, 11) is 0. The van der Waals surface area contributed by atoms with Crippen molar-refractivity contribution in [2.75, 3.05) is 26.3 Å². The molecule has 0 bridgehead atoms. The quantitative estimate of drug-likeness (QED) is 0.788. The number of hydrogen-bond acceptors (Lipinski definition) is 4. The lowest BCUT2D eigenvalue weighted by atomic mass is 9.95. The van der Waals surface area contributed by atoms with Gasteiger partial charge in [0.2, 0.25) is 0 Å². The Bertz CT molecular complexity index is 560. The largest absolute Gasteiger partial charge is 0.391 e. The van der Waals surface area contributed by atoms with E-state index in [4.69, 9.17) is 9.47 Å². The number of likely N-dealkylation sites (tertiary alicyclic amines) is 1. The number of alkyl halides is 3. The van der Waals surface area contributed by atoms with Crippen LogP contribution in [0.2, 0.25) is 0 Å². The van der Waals surface area contributed by atoms with E-state index >= 15 is 0 Å². The minimum atomic E-state index is -4.40. The molecule has 4 nitrogen and oxygen atoms in total. The first-order chi connectivity index (χ1) is 11.4. The van der Waals surface area contributed by atoms with Crippen LogP contribution < -0.4 is 0 Å². The average molecular weight is 343 g/mol. The molecule has 24 heavy (non-hydrogen) atoms. The molecule has 132 valence electrons. The maximum atomic E-state index is 13.0. The van der Waals surface area contributed by atoms with Crippen LogP contribution in [0, 0.1) is 0 Å². The molecule has 0 radical (unpaired) electrons. The Morgan fingerprint density at radius 1 is 1.12 bits per heavy atom. The molecule has 2 fully saturated rings. The number of rotatable bonds is 4. The predicted octanol–water partition coefficient (Wildman–Crippen LogP) is 3.03. The molecule has 1 aromatic carbocycles. The molecule has 0 aromatic heterocycles. The summed E-state index contributed by atoms with van der Waals surface area (Å²) in [6.07, 6.45) is -4.59. The lowest BCUT2D eigenvalue weighted by molar-refractivity contribution is -0.191. The van der Waals surface area contributed by atoms with Crippen LogP contribution in [0.25, 0.3) is 0 Å². The van der Waals surface area contributed by atoms with Gasteiger partial charge in [-0.25, -0.2) is 0 Å². The molecule has 2 aliphatic rings. The zero-order chi connectivity index (χ0) is 17.2. The normalized spacial score (nSPS) is 22.6. The van der Waals surface area contributed by atoms with Gasteiger partial charge in [0.1, 0.15) is 0 Å². The van der Waals surface area contributed by atoms with E-state index in [1.165, 1.54) is 0 Å². The van der Waals surface area contributed by atoms with Crippen molar-refractivity contribution in [2.45, 2.75) is 37.3 Å². The highest BCUT2D eigenvalue weighted by Crippen LogP contribution is 2.34. The number of carbonyl (C=O) groups is 1. The van der Waals surface area contributed by atoms with Crippen molar-refractivity contribution in [3.8, 4) is 0 Å². The first-order valence-corrected chi connectivity index (χ1v) is 8.07. The van der Waals surface area contributed by atoms with Gasteiger partial charge in [-0.2, -0.15) is 13.2 Å². The molecule has 1 unspecified atom stereocenters. The Labute approximate surface area is 138 Å². The third-order valence-corrected chi connectivity index (χ3v) is 4.60. The Morgan fingerprint density at radius 2 is 1.71 bits per heavy atom. The van der Waals surface area contributed by atoms with Gasteiger partial charge in [-0.05, 0) is 0 Å². The van der Waals surface area contributed by atoms with Gasteiger partial charge in [0, 0.05) is 31.5 Å². The molecular weight excluding hydrogens is 323 g/mol. The van der Waals surface area contributed by atoms with E-state index in [9.17, 15) is 18.0 Å². The van der Waals surface area contributed by atoms with Crippen molar-refractivity contribution < 1.29 is 27.4 Å². The second kappa shape index (κ2) is 6.82.